The van der Waals surface area contributed by atoms with E-state index in [1.165, 1.54) is 18.2 Å². The number of nitrogens with zero attached hydrogens (tertiary/aromatic N) is 2. The third kappa shape index (κ3) is 6.00. The van der Waals surface area contributed by atoms with E-state index in [9.17, 15) is 4.79 Å². The van der Waals surface area contributed by atoms with Crippen molar-refractivity contribution < 1.29 is 23.8 Å². The fourth-order valence-electron chi connectivity index (χ4n) is 4.34. The van der Waals surface area contributed by atoms with E-state index in [0.717, 1.165) is 16.7 Å². The summed E-state index contributed by atoms with van der Waals surface area (Å²) >= 11 is 6.50. The van der Waals surface area contributed by atoms with Crippen LogP contribution in [0, 0.1) is 5.82 Å². The van der Waals surface area contributed by atoms with Crippen molar-refractivity contribution in [3.8, 4) is 45.1 Å². The van der Waals surface area contributed by atoms with Gasteiger partial charge in [-0.2, -0.15) is 5.10 Å². The molecule has 0 aliphatic carbocycles. The topological polar surface area (TPSA) is 73.6 Å². The largest absolute Gasteiger partial charge is 0.490 e. The second-order valence-corrected chi connectivity index (χ2v) is 9.37. The minimum atomic E-state index is -0.984. The zero-order chi connectivity index (χ0) is 28.1. The average molecular weight is 557 g/mol. The van der Waals surface area contributed by atoms with Crippen molar-refractivity contribution in [2.75, 3.05) is 13.2 Å². The zero-order valence-corrected chi connectivity index (χ0v) is 22.4. The van der Waals surface area contributed by atoms with Crippen molar-refractivity contribution in [3.63, 3.8) is 0 Å². The summed E-state index contributed by atoms with van der Waals surface area (Å²) in [4.78, 5) is 11.1. The maximum absolute atomic E-state index is 15.0. The van der Waals surface area contributed by atoms with Crippen molar-refractivity contribution in [2.24, 2.45) is 0 Å². The Morgan fingerprint density at radius 2 is 1.60 bits per heavy atom. The van der Waals surface area contributed by atoms with Crippen LogP contribution in [0.5, 0.6) is 11.6 Å². The molecule has 5 rings (SSSR count). The lowest BCUT2D eigenvalue weighted by atomic mass is 9.99. The molecule has 0 radical (unpaired) electrons. The van der Waals surface area contributed by atoms with Crippen LogP contribution in [0.2, 0.25) is 5.02 Å². The molecule has 0 aliphatic heterocycles. The van der Waals surface area contributed by atoms with Gasteiger partial charge in [-0.1, -0.05) is 72.3 Å². The third-order valence-electron chi connectivity index (χ3n) is 6.34. The molecule has 6 nitrogen and oxygen atoms in total. The molecule has 0 fully saturated rings. The first-order valence-corrected chi connectivity index (χ1v) is 13.1. The Morgan fingerprint density at radius 3 is 2.27 bits per heavy atom. The van der Waals surface area contributed by atoms with Crippen molar-refractivity contribution >= 4 is 17.6 Å². The Kier molecular flexibility index (Phi) is 8.12. The van der Waals surface area contributed by atoms with Crippen molar-refractivity contribution in [3.05, 3.63) is 113 Å². The first kappa shape index (κ1) is 27.0. The number of carboxylic acid groups (broad SMARTS) is 1. The highest BCUT2D eigenvalue weighted by Crippen LogP contribution is 2.33. The lowest BCUT2D eigenvalue weighted by Gasteiger charge is -2.12. The van der Waals surface area contributed by atoms with Gasteiger partial charge in [0.1, 0.15) is 18.2 Å². The molecule has 202 valence electrons. The highest BCUT2D eigenvalue weighted by Gasteiger charge is 2.14. The van der Waals surface area contributed by atoms with Crippen molar-refractivity contribution in [1.82, 2.24) is 9.78 Å². The van der Waals surface area contributed by atoms with Crippen LogP contribution in [-0.4, -0.2) is 34.1 Å². The quantitative estimate of drug-likeness (QED) is 0.189. The minimum Gasteiger partial charge on any atom is -0.490 e. The third-order valence-corrected chi connectivity index (χ3v) is 6.64. The molecule has 1 N–H and O–H groups in total. The normalized spacial score (nSPS) is 10.9. The fraction of sp³-hybridized carbons (Fsp3) is 0.125. The first-order valence-electron chi connectivity index (χ1n) is 12.7. The number of ether oxygens (including phenoxy) is 2. The molecule has 1 aromatic heterocycles. The van der Waals surface area contributed by atoms with Gasteiger partial charge >= 0.3 is 5.97 Å². The second kappa shape index (κ2) is 12.1. The SMILES string of the molecule is CCOc1cc(-c2ccc(C(=O)O)cc2)nn1CCOc1ccc(-c2ccc(-c3ccccc3)cc2F)cc1Cl. The maximum atomic E-state index is 15.0. The fourth-order valence-corrected chi connectivity index (χ4v) is 4.57. The standard InChI is InChI=1S/C32H26ClFN2O4/c1-2-39-31-20-29(22-8-10-23(11-9-22)32(37)38)35-36(31)16-17-40-30-15-13-25(18-27(30)33)26-14-12-24(19-28(26)34)21-6-4-3-5-7-21/h3-15,18-20H,2,16-17H2,1H3,(H,37,38). The van der Waals surface area contributed by atoms with Crippen LogP contribution in [0.3, 0.4) is 0 Å². The molecule has 1 heterocycles. The van der Waals surface area contributed by atoms with Crippen LogP contribution in [-0.2, 0) is 6.54 Å². The Hall–Kier alpha value is -4.62. The summed E-state index contributed by atoms with van der Waals surface area (Å²) in [5.41, 5.74) is 4.49. The highest BCUT2D eigenvalue weighted by atomic mass is 35.5. The molecule has 5 aromatic rings. The van der Waals surface area contributed by atoms with Gasteiger partial charge in [0, 0.05) is 17.2 Å². The van der Waals surface area contributed by atoms with Gasteiger partial charge in [-0.05, 0) is 53.9 Å². The minimum absolute atomic E-state index is 0.205. The van der Waals surface area contributed by atoms with Gasteiger partial charge in [-0.3, -0.25) is 0 Å². The Bertz CT molecular complexity index is 1640. The van der Waals surface area contributed by atoms with Gasteiger partial charge in [-0.15, -0.1) is 0 Å². The number of benzene rings is 4. The Balaban J connectivity index is 1.27. The summed E-state index contributed by atoms with van der Waals surface area (Å²) < 4.78 is 28.3. The summed E-state index contributed by atoms with van der Waals surface area (Å²) in [5, 5.41) is 14.1. The van der Waals surface area contributed by atoms with E-state index < -0.39 is 5.97 Å². The molecule has 8 heteroatoms. The molecule has 4 aromatic carbocycles. The molecule has 0 amide bonds. The van der Waals surface area contributed by atoms with Crippen LogP contribution in [0.25, 0.3) is 33.5 Å². The van der Waals surface area contributed by atoms with Crippen LogP contribution in [0.4, 0.5) is 4.39 Å². The van der Waals surface area contributed by atoms with E-state index in [-0.39, 0.29) is 18.0 Å². The number of aromatic nitrogens is 2. The van der Waals surface area contributed by atoms with E-state index in [4.69, 9.17) is 26.2 Å². The maximum Gasteiger partial charge on any atom is 0.335 e. The summed E-state index contributed by atoms with van der Waals surface area (Å²) in [6.07, 6.45) is 0. The number of hydrogen-bond acceptors (Lipinski definition) is 4. The first-order chi connectivity index (χ1) is 19.4. The predicted octanol–water partition coefficient (Wildman–Crippen LogP) is 7.85. The van der Waals surface area contributed by atoms with Crippen LogP contribution < -0.4 is 9.47 Å². The van der Waals surface area contributed by atoms with E-state index in [1.54, 1.807) is 47.1 Å². The average Bonchev–Trinajstić information content (AvgIpc) is 3.37. The molecular weight excluding hydrogens is 531 g/mol. The lowest BCUT2D eigenvalue weighted by Crippen LogP contribution is -2.11. The van der Waals surface area contributed by atoms with Crippen molar-refractivity contribution in [2.45, 2.75) is 13.5 Å². The summed E-state index contributed by atoms with van der Waals surface area (Å²) in [5.74, 6) is -0.274. The van der Waals surface area contributed by atoms with Crippen LogP contribution in [0.15, 0.2) is 97.1 Å². The summed E-state index contributed by atoms with van der Waals surface area (Å²) in [7, 11) is 0. The molecule has 0 saturated heterocycles. The molecule has 0 atom stereocenters. The molecule has 0 aliphatic rings. The molecule has 0 spiro atoms. The highest BCUT2D eigenvalue weighted by molar-refractivity contribution is 6.32. The van der Waals surface area contributed by atoms with Gasteiger partial charge < -0.3 is 14.6 Å². The Labute approximate surface area is 236 Å². The van der Waals surface area contributed by atoms with E-state index in [2.05, 4.69) is 5.10 Å². The smallest absolute Gasteiger partial charge is 0.335 e. The number of rotatable bonds is 10. The molecule has 0 bridgehead atoms. The molecule has 0 saturated carbocycles. The molecule has 40 heavy (non-hydrogen) atoms. The van der Waals surface area contributed by atoms with E-state index in [1.807, 2.05) is 43.3 Å². The van der Waals surface area contributed by atoms with Gasteiger partial charge in [0.25, 0.3) is 0 Å². The number of carboxylic acids is 1. The number of hydrogen-bond donors (Lipinski definition) is 1. The number of aromatic carboxylic acids is 1. The van der Waals surface area contributed by atoms with Gasteiger partial charge in [0.15, 0.2) is 0 Å². The predicted molar refractivity (Wildman–Crippen MR) is 154 cm³/mol. The van der Waals surface area contributed by atoms with Crippen molar-refractivity contribution in [1.29, 1.82) is 0 Å². The number of carbonyl (C=O) groups is 1. The van der Waals surface area contributed by atoms with Crippen LogP contribution >= 0.6 is 11.6 Å². The van der Waals surface area contributed by atoms with E-state index >= 15 is 4.39 Å². The lowest BCUT2D eigenvalue weighted by molar-refractivity contribution is 0.0697. The van der Waals surface area contributed by atoms with Crippen LogP contribution in [0.1, 0.15) is 17.3 Å². The zero-order valence-electron chi connectivity index (χ0n) is 21.7. The van der Waals surface area contributed by atoms with E-state index in [0.29, 0.717) is 46.6 Å². The molecular formula is C32H26ClFN2O4. The summed E-state index contributed by atoms with van der Waals surface area (Å²) in [6.45, 7) is 2.99. The number of halogens is 2. The summed E-state index contributed by atoms with van der Waals surface area (Å²) in [6, 6.07) is 28.3. The molecule has 0 unspecified atom stereocenters. The second-order valence-electron chi connectivity index (χ2n) is 8.96. The Morgan fingerprint density at radius 1 is 0.875 bits per heavy atom. The van der Waals surface area contributed by atoms with Gasteiger partial charge in [0.2, 0.25) is 5.88 Å². The van der Waals surface area contributed by atoms with Gasteiger partial charge in [0.05, 0.1) is 29.4 Å². The monoisotopic (exact) mass is 556 g/mol. The van der Waals surface area contributed by atoms with Gasteiger partial charge in [-0.25, -0.2) is 13.9 Å².